The van der Waals surface area contributed by atoms with Gasteiger partial charge in [-0.25, -0.2) is 0 Å². The zero-order valence-electron chi connectivity index (χ0n) is 10.8. The number of aryl methyl sites for hydroxylation is 2. The van der Waals surface area contributed by atoms with Crippen LogP contribution in [0, 0.1) is 13.8 Å². The Morgan fingerprint density at radius 3 is 2.62 bits per heavy atom. The maximum atomic E-state index is 5.85. The van der Waals surface area contributed by atoms with Gasteiger partial charge in [-0.05, 0) is 27.7 Å². The van der Waals surface area contributed by atoms with Gasteiger partial charge in [0, 0.05) is 24.8 Å². The Morgan fingerprint density at radius 1 is 1.44 bits per heavy atom. The molecule has 1 fully saturated rings. The van der Waals surface area contributed by atoms with E-state index in [9.17, 15) is 0 Å². The van der Waals surface area contributed by atoms with Gasteiger partial charge in [0.05, 0.1) is 23.9 Å². The number of nitrogens with one attached hydrogen (secondary N) is 1. The summed E-state index contributed by atoms with van der Waals surface area (Å²) in [6.45, 7) is 10.1. The van der Waals surface area contributed by atoms with E-state index in [0.29, 0.717) is 0 Å². The molecule has 4 heteroatoms. The van der Waals surface area contributed by atoms with Gasteiger partial charge in [-0.1, -0.05) is 0 Å². The molecule has 90 valence electrons. The van der Waals surface area contributed by atoms with E-state index in [1.165, 1.54) is 11.3 Å². The molecule has 0 bridgehead atoms. The Bertz CT molecular complexity index is 395. The Balaban J connectivity index is 2.42. The molecule has 1 aromatic heterocycles. The monoisotopic (exact) mass is 223 g/mol. The van der Waals surface area contributed by atoms with Crippen LogP contribution in [0.2, 0.25) is 0 Å². The molecule has 1 N–H and O–H groups in total. The van der Waals surface area contributed by atoms with E-state index in [0.717, 1.165) is 18.8 Å². The second kappa shape index (κ2) is 3.86. The number of aromatic nitrogens is 2. The first-order chi connectivity index (χ1) is 7.43. The van der Waals surface area contributed by atoms with Gasteiger partial charge in [-0.2, -0.15) is 5.10 Å². The van der Waals surface area contributed by atoms with Crippen molar-refractivity contribution in [3.8, 4) is 0 Å². The van der Waals surface area contributed by atoms with Crippen molar-refractivity contribution >= 4 is 0 Å². The Kier molecular flexibility index (Phi) is 2.80. The molecular formula is C12H21N3O. The molecule has 0 saturated carbocycles. The lowest BCUT2D eigenvalue weighted by Gasteiger charge is -2.39. The van der Waals surface area contributed by atoms with Crippen molar-refractivity contribution in [1.82, 2.24) is 15.1 Å². The van der Waals surface area contributed by atoms with E-state index in [1.807, 2.05) is 11.7 Å². The van der Waals surface area contributed by atoms with Crippen LogP contribution in [0.3, 0.4) is 0 Å². The Labute approximate surface area is 97.0 Å². The van der Waals surface area contributed by atoms with Crippen LogP contribution in [0.4, 0.5) is 0 Å². The van der Waals surface area contributed by atoms with Gasteiger partial charge in [0.15, 0.2) is 0 Å². The van der Waals surface area contributed by atoms with Gasteiger partial charge >= 0.3 is 0 Å². The van der Waals surface area contributed by atoms with E-state index >= 15 is 0 Å². The molecule has 0 aliphatic carbocycles. The highest BCUT2D eigenvalue weighted by molar-refractivity contribution is 5.30. The van der Waals surface area contributed by atoms with Crippen molar-refractivity contribution in [1.29, 1.82) is 0 Å². The summed E-state index contributed by atoms with van der Waals surface area (Å²) < 4.78 is 7.79. The smallest absolute Gasteiger partial charge is 0.0822 e. The van der Waals surface area contributed by atoms with Crippen molar-refractivity contribution < 1.29 is 4.74 Å². The number of ether oxygens (including phenoxy) is 1. The number of rotatable bonds is 1. The summed E-state index contributed by atoms with van der Waals surface area (Å²) in [6, 6.07) is 0.231. The molecule has 2 rings (SSSR count). The lowest BCUT2D eigenvalue weighted by molar-refractivity contribution is -0.0725. The lowest BCUT2D eigenvalue weighted by atomic mass is 9.89. The van der Waals surface area contributed by atoms with Crippen LogP contribution in [0.25, 0.3) is 0 Å². The van der Waals surface area contributed by atoms with E-state index in [-0.39, 0.29) is 11.6 Å². The summed E-state index contributed by atoms with van der Waals surface area (Å²) in [5.41, 5.74) is 3.42. The van der Waals surface area contributed by atoms with Crippen LogP contribution in [0.1, 0.15) is 36.8 Å². The van der Waals surface area contributed by atoms with Gasteiger partial charge in [-0.15, -0.1) is 0 Å². The maximum absolute atomic E-state index is 5.85. The molecule has 1 saturated heterocycles. The second-order valence-electron chi connectivity index (χ2n) is 5.05. The van der Waals surface area contributed by atoms with Gasteiger partial charge in [-0.3, -0.25) is 4.68 Å². The van der Waals surface area contributed by atoms with Gasteiger partial charge < -0.3 is 10.1 Å². The molecule has 1 aromatic rings. The molecule has 1 aliphatic heterocycles. The van der Waals surface area contributed by atoms with Crippen molar-refractivity contribution in [3.63, 3.8) is 0 Å². The third-order valence-corrected chi connectivity index (χ3v) is 3.47. The lowest BCUT2D eigenvalue weighted by Crippen LogP contribution is -2.48. The molecule has 4 nitrogen and oxygen atoms in total. The van der Waals surface area contributed by atoms with Crippen LogP contribution < -0.4 is 5.32 Å². The number of morpholine rings is 1. The van der Waals surface area contributed by atoms with Crippen LogP contribution in [-0.4, -0.2) is 28.5 Å². The number of nitrogens with zero attached hydrogens (tertiary/aromatic N) is 2. The second-order valence-corrected chi connectivity index (χ2v) is 5.05. The van der Waals surface area contributed by atoms with Gasteiger partial charge in [0.25, 0.3) is 0 Å². The minimum absolute atomic E-state index is 0.170. The fraction of sp³-hybridized carbons (Fsp3) is 0.750. The molecule has 16 heavy (non-hydrogen) atoms. The van der Waals surface area contributed by atoms with Crippen molar-refractivity contribution in [3.05, 3.63) is 17.0 Å². The van der Waals surface area contributed by atoms with Crippen molar-refractivity contribution in [2.45, 2.75) is 39.3 Å². The fourth-order valence-electron chi connectivity index (χ4n) is 2.50. The quantitative estimate of drug-likeness (QED) is 0.783. The Hall–Kier alpha value is -0.870. The predicted molar refractivity (Wildman–Crippen MR) is 63.5 cm³/mol. The molecule has 0 radical (unpaired) electrons. The van der Waals surface area contributed by atoms with E-state index in [2.05, 4.69) is 38.1 Å². The summed E-state index contributed by atoms with van der Waals surface area (Å²) in [4.78, 5) is 0. The van der Waals surface area contributed by atoms with E-state index < -0.39 is 0 Å². The zero-order chi connectivity index (χ0) is 11.9. The minimum atomic E-state index is -0.170. The molecule has 2 heterocycles. The highest BCUT2D eigenvalue weighted by atomic mass is 16.5. The van der Waals surface area contributed by atoms with Crippen LogP contribution in [-0.2, 0) is 11.8 Å². The first kappa shape index (κ1) is 11.6. The highest BCUT2D eigenvalue weighted by Gasteiger charge is 2.37. The summed E-state index contributed by atoms with van der Waals surface area (Å²) in [7, 11) is 1.99. The number of hydrogen-bond acceptors (Lipinski definition) is 3. The first-order valence-electron chi connectivity index (χ1n) is 5.81. The first-order valence-corrected chi connectivity index (χ1v) is 5.81. The Morgan fingerprint density at radius 2 is 2.12 bits per heavy atom. The third-order valence-electron chi connectivity index (χ3n) is 3.47. The largest absolute Gasteiger partial charge is 0.372 e. The van der Waals surface area contributed by atoms with Gasteiger partial charge in [0.1, 0.15) is 0 Å². The molecular weight excluding hydrogens is 202 g/mol. The van der Waals surface area contributed by atoms with Gasteiger partial charge in [0.2, 0.25) is 0 Å². The number of hydrogen-bond donors (Lipinski definition) is 1. The molecule has 1 unspecified atom stereocenters. The summed E-state index contributed by atoms with van der Waals surface area (Å²) >= 11 is 0. The summed E-state index contributed by atoms with van der Waals surface area (Å²) in [5, 5.41) is 8.01. The van der Waals surface area contributed by atoms with Crippen molar-refractivity contribution in [2.75, 3.05) is 13.2 Å². The SMILES string of the molecule is Cc1nn(C)c(C)c1C1NCCOC1(C)C. The zero-order valence-corrected chi connectivity index (χ0v) is 10.8. The van der Waals surface area contributed by atoms with E-state index in [4.69, 9.17) is 4.74 Å². The highest BCUT2D eigenvalue weighted by Crippen LogP contribution is 2.34. The summed E-state index contributed by atoms with van der Waals surface area (Å²) in [5.74, 6) is 0. The molecule has 0 spiro atoms. The fourth-order valence-corrected chi connectivity index (χ4v) is 2.50. The van der Waals surface area contributed by atoms with E-state index in [1.54, 1.807) is 0 Å². The molecule has 1 aliphatic rings. The van der Waals surface area contributed by atoms with Crippen molar-refractivity contribution in [2.24, 2.45) is 7.05 Å². The topological polar surface area (TPSA) is 39.1 Å². The van der Waals surface area contributed by atoms with Crippen LogP contribution in [0.15, 0.2) is 0 Å². The van der Waals surface area contributed by atoms with Crippen LogP contribution >= 0.6 is 0 Å². The third kappa shape index (κ3) is 1.76. The average Bonchev–Trinajstić information content (AvgIpc) is 2.42. The standard InChI is InChI=1S/C12H21N3O/c1-8-10(9(2)15(5)14-8)11-12(3,4)16-7-6-13-11/h11,13H,6-7H2,1-5H3. The summed E-state index contributed by atoms with van der Waals surface area (Å²) in [6.07, 6.45) is 0. The van der Waals surface area contributed by atoms with Crippen LogP contribution in [0.5, 0.6) is 0 Å². The maximum Gasteiger partial charge on any atom is 0.0822 e. The molecule has 0 aromatic carbocycles. The predicted octanol–water partition coefficient (Wildman–Crippen LogP) is 1.48. The minimum Gasteiger partial charge on any atom is -0.372 e. The molecule has 0 amide bonds. The average molecular weight is 223 g/mol. The normalized spacial score (nSPS) is 24.7. The molecule has 1 atom stereocenters.